The minimum absolute atomic E-state index is 0.0698. The Bertz CT molecular complexity index is 797. The highest BCUT2D eigenvalue weighted by Crippen LogP contribution is 2.21. The molecule has 2 aromatic rings. The lowest BCUT2D eigenvalue weighted by molar-refractivity contribution is -0.384. The molecule has 0 saturated carbocycles. The molecule has 1 aromatic carbocycles. The first-order valence-electron chi connectivity index (χ1n) is 8.03. The highest BCUT2D eigenvalue weighted by Gasteiger charge is 2.26. The number of nitrogens with zero attached hydrogens (tertiary/aromatic N) is 6. The van der Waals surface area contributed by atoms with E-state index in [1.807, 2.05) is 4.90 Å². The maximum atomic E-state index is 11.5. The van der Waals surface area contributed by atoms with Crippen molar-refractivity contribution in [2.24, 2.45) is 0 Å². The second-order valence-electron chi connectivity index (χ2n) is 5.79. The van der Waals surface area contributed by atoms with Crippen LogP contribution in [0.4, 0.5) is 11.5 Å². The zero-order valence-corrected chi connectivity index (χ0v) is 13.9. The molecule has 11 heteroatoms. The average Bonchev–Trinajstić information content (AvgIpc) is 3.08. The first kappa shape index (κ1) is 17.8. The van der Waals surface area contributed by atoms with Crippen LogP contribution >= 0.6 is 0 Å². The molecule has 0 bridgehead atoms. The normalized spacial score (nSPS) is 15.2. The fraction of sp³-hybridized carbons (Fsp3) is 0.400. The number of nitro benzene ring substituents is 1. The van der Waals surface area contributed by atoms with Gasteiger partial charge in [-0.1, -0.05) is 0 Å². The number of aliphatic hydroxyl groups is 1. The van der Waals surface area contributed by atoms with Gasteiger partial charge in [-0.2, -0.15) is 0 Å². The smallest absolute Gasteiger partial charge is 0.360 e. The average molecular weight is 362 g/mol. The molecule has 1 aliphatic heterocycles. The number of aromatic carboxylic acids is 1. The van der Waals surface area contributed by atoms with E-state index in [1.165, 1.54) is 29.1 Å². The van der Waals surface area contributed by atoms with Crippen LogP contribution in [0, 0.1) is 10.1 Å². The molecule has 26 heavy (non-hydrogen) atoms. The van der Waals surface area contributed by atoms with Gasteiger partial charge >= 0.3 is 5.97 Å². The second kappa shape index (κ2) is 7.45. The molecule has 3 rings (SSSR count). The Kier molecular flexibility index (Phi) is 5.09. The van der Waals surface area contributed by atoms with Crippen LogP contribution < -0.4 is 4.90 Å². The van der Waals surface area contributed by atoms with Crippen LogP contribution in [0.15, 0.2) is 24.3 Å². The predicted molar refractivity (Wildman–Crippen MR) is 90.7 cm³/mol. The molecular formula is C15H18N6O5. The van der Waals surface area contributed by atoms with E-state index < -0.39 is 10.9 Å². The van der Waals surface area contributed by atoms with Gasteiger partial charge in [-0.3, -0.25) is 15.0 Å². The van der Waals surface area contributed by atoms with E-state index in [0.29, 0.717) is 38.4 Å². The number of carboxylic acid groups (broad SMARTS) is 1. The number of piperazine rings is 1. The predicted octanol–water partition coefficient (Wildman–Crippen LogP) is -0.0120. The molecule has 1 fully saturated rings. The fourth-order valence-corrected chi connectivity index (χ4v) is 2.80. The lowest BCUT2D eigenvalue weighted by atomic mass is 10.3. The Labute approximate surface area is 148 Å². The van der Waals surface area contributed by atoms with Gasteiger partial charge < -0.3 is 15.1 Å². The van der Waals surface area contributed by atoms with Crippen LogP contribution in [0.2, 0.25) is 0 Å². The monoisotopic (exact) mass is 362 g/mol. The summed E-state index contributed by atoms with van der Waals surface area (Å²) in [6.45, 7) is 3.16. The largest absolute Gasteiger partial charge is 0.476 e. The topological polar surface area (TPSA) is 138 Å². The fourth-order valence-electron chi connectivity index (χ4n) is 2.80. The molecule has 0 spiro atoms. The van der Waals surface area contributed by atoms with Crippen molar-refractivity contribution >= 4 is 17.5 Å². The van der Waals surface area contributed by atoms with Crippen LogP contribution in [0.5, 0.6) is 0 Å². The highest BCUT2D eigenvalue weighted by molar-refractivity contribution is 5.91. The zero-order chi connectivity index (χ0) is 18.7. The minimum atomic E-state index is -1.19. The molecule has 0 aliphatic carbocycles. The lowest BCUT2D eigenvalue weighted by Gasteiger charge is -2.34. The van der Waals surface area contributed by atoms with Gasteiger partial charge in [-0.15, -0.1) is 15.0 Å². The summed E-state index contributed by atoms with van der Waals surface area (Å²) in [5.41, 5.74) is 0.196. The van der Waals surface area contributed by atoms with E-state index in [9.17, 15) is 20.0 Å². The maximum absolute atomic E-state index is 11.5. The third-order valence-electron chi connectivity index (χ3n) is 4.18. The number of carbonyl (C=O) groups is 1. The van der Waals surface area contributed by atoms with E-state index in [4.69, 9.17) is 5.11 Å². The van der Waals surface area contributed by atoms with Gasteiger partial charge in [0.1, 0.15) is 0 Å². The number of benzene rings is 1. The number of anilines is 1. The Morgan fingerprint density at radius 1 is 1.15 bits per heavy atom. The summed E-state index contributed by atoms with van der Waals surface area (Å²) in [7, 11) is 0. The summed E-state index contributed by atoms with van der Waals surface area (Å²) in [5.74, 6) is -0.926. The number of nitro groups is 1. The van der Waals surface area contributed by atoms with Gasteiger partial charge in [0, 0.05) is 44.9 Å². The van der Waals surface area contributed by atoms with Crippen LogP contribution in [0.3, 0.4) is 0 Å². The van der Waals surface area contributed by atoms with Crippen LogP contribution in [-0.2, 0) is 0 Å². The van der Waals surface area contributed by atoms with Gasteiger partial charge in [-0.25, -0.2) is 4.79 Å². The molecule has 1 saturated heterocycles. The molecular weight excluding hydrogens is 344 g/mol. The van der Waals surface area contributed by atoms with E-state index in [0.717, 1.165) is 0 Å². The number of aliphatic hydroxyl groups excluding tert-OH is 1. The third kappa shape index (κ3) is 3.63. The summed E-state index contributed by atoms with van der Waals surface area (Å²) in [6.07, 6.45) is 0. The molecule has 0 amide bonds. The molecule has 0 unspecified atom stereocenters. The van der Waals surface area contributed by atoms with Gasteiger partial charge in [0.25, 0.3) is 5.69 Å². The number of non-ortho nitro benzene ring substituents is 1. The number of hydrogen-bond donors (Lipinski definition) is 2. The van der Waals surface area contributed by atoms with Crippen LogP contribution in [0.1, 0.15) is 10.5 Å². The van der Waals surface area contributed by atoms with Crippen molar-refractivity contribution in [2.45, 2.75) is 0 Å². The summed E-state index contributed by atoms with van der Waals surface area (Å²) < 4.78 is 0. The Morgan fingerprint density at radius 2 is 1.81 bits per heavy atom. The number of rotatable bonds is 6. The molecule has 11 nitrogen and oxygen atoms in total. The first-order chi connectivity index (χ1) is 12.5. The molecule has 138 valence electrons. The lowest BCUT2D eigenvalue weighted by Crippen LogP contribution is -2.47. The van der Waals surface area contributed by atoms with E-state index in [2.05, 4.69) is 15.1 Å². The molecule has 0 radical (unpaired) electrons. The van der Waals surface area contributed by atoms with Gasteiger partial charge in [-0.05, 0) is 12.1 Å². The number of β-amino-alcohol motifs (C(OH)–C–C–N with tert-alkyl or cyclic N) is 1. The van der Waals surface area contributed by atoms with Crippen molar-refractivity contribution < 1.29 is 19.9 Å². The Morgan fingerprint density at radius 3 is 2.35 bits per heavy atom. The van der Waals surface area contributed by atoms with E-state index in [1.54, 1.807) is 0 Å². The van der Waals surface area contributed by atoms with Gasteiger partial charge in [0.2, 0.25) is 5.69 Å². The van der Waals surface area contributed by atoms with Crippen molar-refractivity contribution in [1.82, 2.24) is 19.9 Å². The van der Waals surface area contributed by atoms with Gasteiger partial charge in [0.15, 0.2) is 5.82 Å². The number of hydrogen-bond acceptors (Lipinski definition) is 8. The summed E-state index contributed by atoms with van der Waals surface area (Å²) in [4.78, 5) is 26.9. The summed E-state index contributed by atoms with van der Waals surface area (Å²) >= 11 is 0. The van der Waals surface area contributed by atoms with Crippen molar-refractivity contribution in [3.05, 3.63) is 40.1 Å². The standard InChI is InChI=1S/C15H18N6O5/c22-10-9-18-5-7-19(8-6-18)14-13(15(23)24)16-20(17-14)11-1-3-12(4-2-11)21(25)26/h1-4,22H,5-10H2,(H,23,24). The summed E-state index contributed by atoms with van der Waals surface area (Å²) in [5, 5.41) is 37.5. The second-order valence-corrected chi connectivity index (χ2v) is 5.79. The van der Waals surface area contributed by atoms with E-state index in [-0.39, 0.29) is 23.8 Å². The van der Waals surface area contributed by atoms with Crippen LogP contribution in [0.25, 0.3) is 5.69 Å². The molecule has 0 atom stereocenters. The van der Waals surface area contributed by atoms with Gasteiger partial charge in [0.05, 0.1) is 17.2 Å². The number of aromatic nitrogens is 3. The molecule has 2 heterocycles. The molecule has 1 aliphatic rings. The van der Waals surface area contributed by atoms with Crippen molar-refractivity contribution in [3.63, 3.8) is 0 Å². The maximum Gasteiger partial charge on any atom is 0.360 e. The Balaban J connectivity index is 1.85. The quantitative estimate of drug-likeness (QED) is 0.536. The zero-order valence-electron chi connectivity index (χ0n) is 13.9. The third-order valence-corrected chi connectivity index (χ3v) is 4.18. The minimum Gasteiger partial charge on any atom is -0.476 e. The van der Waals surface area contributed by atoms with Crippen molar-refractivity contribution in [1.29, 1.82) is 0 Å². The van der Waals surface area contributed by atoms with Crippen molar-refractivity contribution in [2.75, 3.05) is 44.2 Å². The molecule has 1 aromatic heterocycles. The van der Waals surface area contributed by atoms with E-state index >= 15 is 0 Å². The van der Waals surface area contributed by atoms with Crippen molar-refractivity contribution in [3.8, 4) is 5.69 Å². The number of carboxylic acids is 1. The Hall–Kier alpha value is -3.05. The SMILES string of the molecule is O=C(O)c1nn(-c2ccc([N+](=O)[O-])cc2)nc1N1CCN(CCO)CC1. The highest BCUT2D eigenvalue weighted by atomic mass is 16.6. The first-order valence-corrected chi connectivity index (χ1v) is 8.03. The molecule has 2 N–H and O–H groups in total. The summed E-state index contributed by atoms with van der Waals surface area (Å²) in [6, 6.07) is 5.55. The van der Waals surface area contributed by atoms with Crippen LogP contribution in [-0.4, -0.2) is 80.3 Å².